The minimum Gasteiger partial charge on any atom is -0.368 e. The van der Waals surface area contributed by atoms with Gasteiger partial charge in [-0.2, -0.15) is 0 Å². The van der Waals surface area contributed by atoms with Crippen molar-refractivity contribution in [2.75, 3.05) is 6.61 Å². The van der Waals surface area contributed by atoms with Crippen LogP contribution in [0, 0.1) is 35.2 Å². The van der Waals surface area contributed by atoms with Crippen LogP contribution in [0.1, 0.15) is 81.9 Å². The highest BCUT2D eigenvalue weighted by Crippen LogP contribution is 2.43. The van der Waals surface area contributed by atoms with Crippen molar-refractivity contribution in [2.45, 2.75) is 70.8 Å². The maximum atomic E-state index is 15.3. The Morgan fingerprint density at radius 2 is 1.46 bits per heavy atom. The molecular weight excluding hydrogens is 517 g/mol. The molecule has 0 aromatic heterocycles. The highest BCUT2D eigenvalue weighted by atomic mass is 19.2. The van der Waals surface area contributed by atoms with Gasteiger partial charge in [-0.3, -0.25) is 0 Å². The van der Waals surface area contributed by atoms with Crippen molar-refractivity contribution < 1.29 is 17.9 Å². The van der Waals surface area contributed by atoms with Gasteiger partial charge < -0.3 is 4.74 Å². The van der Waals surface area contributed by atoms with Crippen LogP contribution >= 0.6 is 0 Å². The molecular formula is C37H39F3O. The molecule has 3 aromatic carbocycles. The van der Waals surface area contributed by atoms with Crippen LogP contribution in [0.5, 0.6) is 0 Å². The van der Waals surface area contributed by atoms with Gasteiger partial charge in [0.15, 0.2) is 11.6 Å². The Hall–Kier alpha value is -3.11. The summed E-state index contributed by atoms with van der Waals surface area (Å²) in [6.07, 6.45) is 17.8. The number of hydrogen-bond donors (Lipinski definition) is 0. The lowest BCUT2D eigenvalue weighted by Crippen LogP contribution is -2.23. The van der Waals surface area contributed by atoms with Crippen molar-refractivity contribution in [1.29, 1.82) is 0 Å². The summed E-state index contributed by atoms with van der Waals surface area (Å²) in [6, 6.07) is 15.6. The van der Waals surface area contributed by atoms with Crippen molar-refractivity contribution in [3.8, 4) is 22.3 Å². The number of benzene rings is 3. The SMILES string of the molecule is C/C=C/CCC1CCC(C2CC=C(c3ccc(-c4ccc(-c5ccc(C6CO6)c(F)c5F)cc4)c(F)c3)CC2)CC1. The van der Waals surface area contributed by atoms with E-state index in [4.69, 9.17) is 4.74 Å². The fraction of sp³-hybridized carbons (Fsp3) is 0.405. The van der Waals surface area contributed by atoms with Gasteiger partial charge in [0.1, 0.15) is 11.9 Å². The quantitative estimate of drug-likeness (QED) is 0.199. The average molecular weight is 557 g/mol. The zero-order chi connectivity index (χ0) is 28.3. The second-order valence-electron chi connectivity index (χ2n) is 12.1. The predicted molar refractivity (Wildman–Crippen MR) is 161 cm³/mol. The zero-order valence-electron chi connectivity index (χ0n) is 23.9. The van der Waals surface area contributed by atoms with Crippen LogP contribution in [-0.4, -0.2) is 6.61 Å². The van der Waals surface area contributed by atoms with Crippen LogP contribution in [0.2, 0.25) is 0 Å². The van der Waals surface area contributed by atoms with E-state index in [1.807, 2.05) is 12.1 Å². The van der Waals surface area contributed by atoms with E-state index in [1.165, 1.54) is 50.5 Å². The Morgan fingerprint density at radius 3 is 2.10 bits per heavy atom. The third kappa shape index (κ3) is 6.23. The molecule has 4 heteroatoms. The molecule has 0 spiro atoms. The van der Waals surface area contributed by atoms with Crippen LogP contribution in [0.25, 0.3) is 27.8 Å². The van der Waals surface area contributed by atoms with E-state index in [0.717, 1.165) is 36.2 Å². The van der Waals surface area contributed by atoms with Gasteiger partial charge in [0, 0.05) is 16.7 Å². The number of epoxide rings is 1. The van der Waals surface area contributed by atoms with E-state index in [2.05, 4.69) is 25.2 Å². The fourth-order valence-electron chi connectivity index (χ4n) is 7.03. The number of ether oxygens (including phenoxy) is 1. The van der Waals surface area contributed by atoms with E-state index in [1.54, 1.807) is 42.5 Å². The number of allylic oxidation sites excluding steroid dienone is 4. The molecule has 2 unspecified atom stereocenters. The smallest absolute Gasteiger partial charge is 0.167 e. The van der Waals surface area contributed by atoms with Crippen LogP contribution < -0.4 is 0 Å². The van der Waals surface area contributed by atoms with Crippen LogP contribution in [-0.2, 0) is 4.74 Å². The van der Waals surface area contributed by atoms with E-state index < -0.39 is 11.6 Å². The molecule has 0 N–H and O–H groups in total. The maximum absolute atomic E-state index is 15.3. The largest absolute Gasteiger partial charge is 0.368 e. The third-order valence-electron chi connectivity index (χ3n) is 9.63. The highest BCUT2D eigenvalue weighted by Gasteiger charge is 2.31. The molecule has 1 nitrogen and oxygen atoms in total. The molecule has 1 saturated heterocycles. The Bertz CT molecular complexity index is 1430. The van der Waals surface area contributed by atoms with Gasteiger partial charge in [0.05, 0.1) is 6.61 Å². The Morgan fingerprint density at radius 1 is 0.780 bits per heavy atom. The molecule has 0 bridgehead atoms. The van der Waals surface area contributed by atoms with Crippen LogP contribution in [0.3, 0.4) is 0 Å². The standard InChI is InChI=1S/C37H39F3O/c1-2-3-4-5-24-6-8-25(9-7-24)26-10-12-27(13-11-26)30-18-19-31(34(38)22-30)28-14-16-29(17-15-28)32-20-21-33(35-23-41-35)37(40)36(32)39/h2-3,12,14-22,24-26,35H,4-11,13,23H2,1H3/b3-2+. The summed E-state index contributed by atoms with van der Waals surface area (Å²) in [4.78, 5) is 0. The van der Waals surface area contributed by atoms with Gasteiger partial charge in [0.2, 0.25) is 0 Å². The highest BCUT2D eigenvalue weighted by molar-refractivity contribution is 5.74. The normalized spacial score (nSPS) is 24.4. The molecule has 41 heavy (non-hydrogen) atoms. The minimum atomic E-state index is -0.878. The van der Waals surface area contributed by atoms with Crippen LogP contribution in [0.15, 0.2) is 72.8 Å². The molecule has 1 heterocycles. The van der Waals surface area contributed by atoms with Crippen molar-refractivity contribution in [1.82, 2.24) is 0 Å². The lowest BCUT2D eigenvalue weighted by atomic mass is 9.70. The van der Waals surface area contributed by atoms with Crippen LogP contribution in [0.4, 0.5) is 13.2 Å². The maximum Gasteiger partial charge on any atom is 0.167 e. The lowest BCUT2D eigenvalue weighted by Gasteiger charge is -2.35. The zero-order valence-corrected chi connectivity index (χ0v) is 23.9. The van der Waals surface area contributed by atoms with E-state index in [-0.39, 0.29) is 23.0 Å². The van der Waals surface area contributed by atoms with Crippen molar-refractivity contribution in [2.24, 2.45) is 17.8 Å². The van der Waals surface area contributed by atoms with E-state index in [9.17, 15) is 8.78 Å². The number of rotatable bonds is 8. The molecule has 0 amide bonds. The minimum absolute atomic E-state index is 0.189. The summed E-state index contributed by atoms with van der Waals surface area (Å²) < 4.78 is 49.7. The Kier molecular flexibility index (Phi) is 8.48. The first-order chi connectivity index (χ1) is 20.0. The molecule has 1 aliphatic heterocycles. The second kappa shape index (κ2) is 12.4. The van der Waals surface area contributed by atoms with Gasteiger partial charge >= 0.3 is 0 Å². The summed E-state index contributed by atoms with van der Waals surface area (Å²) >= 11 is 0. The fourth-order valence-corrected chi connectivity index (χ4v) is 7.03. The van der Waals surface area contributed by atoms with Gasteiger partial charge in [-0.15, -0.1) is 0 Å². The number of halogens is 3. The summed E-state index contributed by atoms with van der Waals surface area (Å²) in [6.45, 7) is 2.52. The molecule has 3 aromatic rings. The lowest BCUT2D eigenvalue weighted by molar-refractivity contribution is 0.190. The molecule has 2 fully saturated rings. The van der Waals surface area contributed by atoms with E-state index in [0.29, 0.717) is 23.3 Å². The first-order valence-electron chi connectivity index (χ1n) is 15.3. The van der Waals surface area contributed by atoms with Gasteiger partial charge in [-0.25, -0.2) is 13.2 Å². The number of hydrogen-bond acceptors (Lipinski definition) is 1. The Balaban J connectivity index is 1.09. The molecule has 0 radical (unpaired) electrons. The molecule has 214 valence electrons. The van der Waals surface area contributed by atoms with Crippen molar-refractivity contribution >= 4 is 5.57 Å². The van der Waals surface area contributed by atoms with E-state index >= 15 is 4.39 Å². The van der Waals surface area contributed by atoms with Gasteiger partial charge in [0.25, 0.3) is 0 Å². The third-order valence-corrected chi connectivity index (χ3v) is 9.63. The topological polar surface area (TPSA) is 12.5 Å². The summed E-state index contributed by atoms with van der Waals surface area (Å²) in [5.74, 6) is 0.491. The molecule has 2 atom stereocenters. The monoisotopic (exact) mass is 556 g/mol. The van der Waals surface area contributed by atoms with Gasteiger partial charge in [-0.05, 0) is 98.0 Å². The molecule has 6 rings (SSSR count). The van der Waals surface area contributed by atoms with Gasteiger partial charge in [-0.1, -0.05) is 79.6 Å². The molecule has 2 aliphatic carbocycles. The summed E-state index contributed by atoms with van der Waals surface area (Å²) in [5.41, 5.74) is 4.43. The first-order valence-corrected chi connectivity index (χ1v) is 15.3. The summed E-state index contributed by atoms with van der Waals surface area (Å²) in [7, 11) is 0. The first kappa shape index (κ1) is 28.0. The average Bonchev–Trinajstić information content (AvgIpc) is 3.85. The predicted octanol–water partition coefficient (Wildman–Crippen LogP) is 10.9. The van der Waals surface area contributed by atoms with Crippen molar-refractivity contribution in [3.05, 3.63) is 101 Å². The second-order valence-corrected chi connectivity index (χ2v) is 12.1. The molecule has 1 saturated carbocycles. The van der Waals surface area contributed by atoms with Crippen molar-refractivity contribution in [3.63, 3.8) is 0 Å². The summed E-state index contributed by atoms with van der Waals surface area (Å²) in [5, 5.41) is 0. The molecule has 3 aliphatic rings. The Labute approximate surface area is 242 Å².